The number of benzene rings is 3. The molecule has 3 aromatic carbocycles. The summed E-state index contributed by atoms with van der Waals surface area (Å²) in [5.74, 6) is -1.39. The number of nitrogens with one attached hydrogen (secondary N) is 1. The van der Waals surface area contributed by atoms with Crippen molar-refractivity contribution >= 4 is 15.7 Å². The molecule has 0 atom stereocenters. The molecule has 0 bridgehead atoms. The molecule has 3 rings (SSSR count). The Hall–Kier alpha value is -2.77. The van der Waals surface area contributed by atoms with Crippen molar-refractivity contribution in [2.45, 2.75) is 18.2 Å². The second-order valence-electron chi connectivity index (χ2n) is 6.32. The number of hydrogen-bond donors (Lipinski definition) is 2. The van der Waals surface area contributed by atoms with Crippen molar-refractivity contribution in [3.63, 3.8) is 0 Å². The predicted octanol–water partition coefficient (Wildman–Crippen LogP) is 4.28. The lowest BCUT2D eigenvalue weighted by atomic mass is 10.0. The minimum atomic E-state index is -3.85. The van der Waals surface area contributed by atoms with Gasteiger partial charge in [0.25, 0.3) is 10.0 Å². The summed E-state index contributed by atoms with van der Waals surface area (Å²) in [6.07, 6.45) is 0.430. The number of aliphatic hydroxyl groups is 1. The highest BCUT2D eigenvalue weighted by atomic mass is 32.2. The molecule has 0 fully saturated rings. The number of anilines is 1. The molecule has 0 aliphatic rings. The molecule has 0 unspecified atom stereocenters. The highest BCUT2D eigenvalue weighted by Crippen LogP contribution is 2.27. The number of hydrogen-bond acceptors (Lipinski definition) is 3. The van der Waals surface area contributed by atoms with Crippen LogP contribution in [-0.4, -0.2) is 20.1 Å². The van der Waals surface area contributed by atoms with Crippen LogP contribution in [0.5, 0.6) is 0 Å². The van der Waals surface area contributed by atoms with Crippen molar-refractivity contribution in [1.29, 1.82) is 0 Å². The van der Waals surface area contributed by atoms with Crippen LogP contribution < -0.4 is 4.72 Å². The molecule has 0 saturated heterocycles. The zero-order valence-corrected chi connectivity index (χ0v) is 15.9. The van der Waals surface area contributed by atoms with E-state index >= 15 is 0 Å². The first kappa shape index (κ1) is 20.0. The second-order valence-corrected chi connectivity index (χ2v) is 8.00. The van der Waals surface area contributed by atoms with Crippen molar-refractivity contribution in [2.75, 3.05) is 11.3 Å². The van der Waals surface area contributed by atoms with E-state index in [-0.39, 0.29) is 17.1 Å². The van der Waals surface area contributed by atoms with E-state index < -0.39 is 21.7 Å². The fraction of sp³-hybridized carbons (Fsp3) is 0.143. The third-order valence-corrected chi connectivity index (χ3v) is 5.86. The van der Waals surface area contributed by atoms with Gasteiger partial charge in [-0.2, -0.15) is 0 Å². The molecule has 0 spiro atoms. The molecular formula is C21H19F2NO3S. The summed E-state index contributed by atoms with van der Waals surface area (Å²) < 4.78 is 54.9. The van der Waals surface area contributed by atoms with Crippen LogP contribution in [0.2, 0.25) is 0 Å². The Morgan fingerprint density at radius 3 is 2.36 bits per heavy atom. The van der Waals surface area contributed by atoms with E-state index in [4.69, 9.17) is 5.11 Å². The Balaban J connectivity index is 1.88. The summed E-state index contributed by atoms with van der Waals surface area (Å²) in [5, 5.41) is 9.11. The van der Waals surface area contributed by atoms with Crippen LogP contribution in [0.3, 0.4) is 0 Å². The van der Waals surface area contributed by atoms with Gasteiger partial charge < -0.3 is 5.11 Å². The Bertz CT molecular complexity index is 1100. The van der Waals surface area contributed by atoms with Gasteiger partial charge in [-0.15, -0.1) is 0 Å². The maximum absolute atomic E-state index is 13.9. The van der Waals surface area contributed by atoms with Crippen molar-refractivity contribution in [2.24, 2.45) is 0 Å². The largest absolute Gasteiger partial charge is 0.396 e. The van der Waals surface area contributed by atoms with Gasteiger partial charge in [0.1, 0.15) is 11.6 Å². The van der Waals surface area contributed by atoms with Crippen molar-refractivity contribution in [3.05, 3.63) is 83.4 Å². The average molecular weight is 403 g/mol. The van der Waals surface area contributed by atoms with Crippen LogP contribution in [0.15, 0.2) is 65.6 Å². The monoisotopic (exact) mass is 403 g/mol. The first-order chi connectivity index (χ1) is 13.3. The summed E-state index contributed by atoms with van der Waals surface area (Å²) in [4.78, 5) is 0.0192. The molecule has 7 heteroatoms. The van der Waals surface area contributed by atoms with Gasteiger partial charge >= 0.3 is 0 Å². The van der Waals surface area contributed by atoms with Gasteiger partial charge in [-0.05, 0) is 60.4 Å². The first-order valence-corrected chi connectivity index (χ1v) is 10.1. The molecule has 146 valence electrons. The summed E-state index contributed by atoms with van der Waals surface area (Å²) in [5.41, 5.74) is 2.65. The van der Waals surface area contributed by atoms with Gasteiger partial charge in [-0.3, -0.25) is 4.72 Å². The molecular weight excluding hydrogens is 384 g/mol. The number of sulfonamides is 1. The molecule has 0 saturated carbocycles. The van der Waals surface area contributed by atoms with Crippen LogP contribution in [0, 0.1) is 18.6 Å². The topological polar surface area (TPSA) is 66.4 Å². The third-order valence-electron chi connectivity index (χ3n) is 4.48. The fourth-order valence-electron chi connectivity index (χ4n) is 2.93. The smallest absolute Gasteiger partial charge is 0.261 e. The maximum Gasteiger partial charge on any atom is 0.261 e. The van der Waals surface area contributed by atoms with Crippen molar-refractivity contribution < 1.29 is 22.3 Å². The molecule has 0 aliphatic carbocycles. The van der Waals surface area contributed by atoms with Gasteiger partial charge in [0, 0.05) is 18.2 Å². The Labute approximate surface area is 162 Å². The first-order valence-electron chi connectivity index (χ1n) is 8.59. The fourth-order valence-corrected chi connectivity index (χ4v) is 4.05. The molecule has 3 aromatic rings. The molecule has 2 N–H and O–H groups in total. The third kappa shape index (κ3) is 4.21. The summed E-state index contributed by atoms with van der Waals surface area (Å²) in [7, 11) is -3.85. The predicted molar refractivity (Wildman–Crippen MR) is 105 cm³/mol. The number of aliphatic hydroxyl groups excluding tert-OH is 1. The van der Waals surface area contributed by atoms with E-state index in [0.29, 0.717) is 17.7 Å². The standard InChI is InChI=1S/C21H19F2NO3S/c1-14-15(11-12-25)3-2-4-21(14)24-28(26,27)18-8-5-16(6-9-18)19-10-7-17(22)13-20(19)23/h2-10,13,24-25H,11-12H2,1H3. The van der Waals surface area contributed by atoms with Crippen LogP contribution >= 0.6 is 0 Å². The van der Waals surface area contributed by atoms with Gasteiger partial charge in [0.15, 0.2) is 0 Å². The molecule has 4 nitrogen and oxygen atoms in total. The lowest BCUT2D eigenvalue weighted by Gasteiger charge is -2.14. The SMILES string of the molecule is Cc1c(CCO)cccc1NS(=O)(=O)c1ccc(-c2ccc(F)cc2F)cc1. The van der Waals surface area contributed by atoms with Crippen molar-refractivity contribution in [3.8, 4) is 11.1 Å². The quantitative estimate of drug-likeness (QED) is 0.646. The van der Waals surface area contributed by atoms with E-state index in [2.05, 4.69) is 4.72 Å². The van der Waals surface area contributed by atoms with E-state index in [1.165, 1.54) is 30.3 Å². The Morgan fingerprint density at radius 1 is 1.00 bits per heavy atom. The lowest BCUT2D eigenvalue weighted by molar-refractivity contribution is 0.299. The maximum atomic E-state index is 13.9. The highest BCUT2D eigenvalue weighted by molar-refractivity contribution is 7.92. The van der Waals surface area contributed by atoms with Crippen LogP contribution in [0.4, 0.5) is 14.5 Å². The van der Waals surface area contributed by atoms with Crippen LogP contribution in [0.1, 0.15) is 11.1 Å². The Morgan fingerprint density at radius 2 is 1.71 bits per heavy atom. The molecule has 0 amide bonds. The lowest BCUT2D eigenvalue weighted by Crippen LogP contribution is -2.14. The van der Waals surface area contributed by atoms with Gasteiger partial charge in [0.2, 0.25) is 0 Å². The zero-order chi connectivity index (χ0) is 20.3. The van der Waals surface area contributed by atoms with Crippen LogP contribution in [-0.2, 0) is 16.4 Å². The van der Waals surface area contributed by atoms with Gasteiger partial charge in [0.05, 0.1) is 10.6 Å². The van der Waals surface area contributed by atoms with E-state index in [1.807, 2.05) is 6.07 Å². The summed E-state index contributed by atoms with van der Waals surface area (Å²) in [6.45, 7) is 1.75. The van der Waals surface area contributed by atoms with Crippen molar-refractivity contribution in [1.82, 2.24) is 0 Å². The Kier molecular flexibility index (Phi) is 5.76. The molecule has 28 heavy (non-hydrogen) atoms. The highest BCUT2D eigenvalue weighted by Gasteiger charge is 2.17. The molecule has 0 heterocycles. The van der Waals surface area contributed by atoms with Crippen LogP contribution in [0.25, 0.3) is 11.1 Å². The normalized spacial score (nSPS) is 11.4. The zero-order valence-electron chi connectivity index (χ0n) is 15.1. The van der Waals surface area contributed by atoms with E-state index in [0.717, 1.165) is 23.3 Å². The minimum absolute atomic E-state index is 0.0192. The molecule has 0 aromatic heterocycles. The number of halogens is 2. The second kappa shape index (κ2) is 8.08. The minimum Gasteiger partial charge on any atom is -0.396 e. The van der Waals surface area contributed by atoms with Gasteiger partial charge in [-0.1, -0.05) is 24.3 Å². The van der Waals surface area contributed by atoms with E-state index in [1.54, 1.807) is 19.1 Å². The summed E-state index contributed by atoms with van der Waals surface area (Å²) in [6, 6.07) is 14.1. The molecule has 0 aliphatic heterocycles. The molecule has 0 radical (unpaired) electrons. The van der Waals surface area contributed by atoms with Gasteiger partial charge in [-0.25, -0.2) is 17.2 Å². The average Bonchev–Trinajstić information content (AvgIpc) is 2.65. The number of rotatable bonds is 6. The van der Waals surface area contributed by atoms with E-state index in [9.17, 15) is 17.2 Å². The summed E-state index contributed by atoms with van der Waals surface area (Å²) >= 11 is 0.